The number of allylic oxidation sites excluding steroid dienone is 1. The summed E-state index contributed by atoms with van der Waals surface area (Å²) in [5.41, 5.74) is 1.26. The van der Waals surface area contributed by atoms with Gasteiger partial charge in [0, 0.05) is 0 Å². The van der Waals surface area contributed by atoms with E-state index >= 15 is 0 Å². The van der Waals surface area contributed by atoms with Crippen LogP contribution in [0.3, 0.4) is 0 Å². The highest BCUT2D eigenvalue weighted by atomic mass is 35.8. The molecule has 0 atom stereocenters. The molecule has 0 unspecified atom stereocenters. The summed E-state index contributed by atoms with van der Waals surface area (Å²) in [6.45, 7) is 0.299. The van der Waals surface area contributed by atoms with Gasteiger partial charge in [0.25, 0.3) is 0 Å². The fraction of sp³-hybridized carbons (Fsp3) is 0.111. The van der Waals surface area contributed by atoms with Crippen molar-refractivity contribution < 1.29 is 0 Å². The highest BCUT2D eigenvalue weighted by molar-refractivity contribution is 7.54. The molecule has 0 saturated heterocycles. The molecule has 0 aliphatic carbocycles. The summed E-state index contributed by atoms with van der Waals surface area (Å²) in [5.74, 6) is 0. The minimum Gasteiger partial charge on any atom is -0.130 e. The fourth-order valence-electron chi connectivity index (χ4n) is 0.757. The second-order valence-corrected chi connectivity index (χ2v) is 8.59. The van der Waals surface area contributed by atoms with E-state index in [2.05, 4.69) is 18.2 Å². The molecule has 0 radical (unpaired) electrons. The van der Waals surface area contributed by atoms with Gasteiger partial charge in [-0.2, -0.15) is 0 Å². The Balaban J connectivity index is 0.000000310. The third kappa shape index (κ3) is 9.96. The van der Waals surface area contributed by atoms with E-state index in [1.165, 1.54) is 5.56 Å². The van der Waals surface area contributed by atoms with Gasteiger partial charge in [0.15, 0.2) is 0 Å². The molecule has 0 aromatic heterocycles. The van der Waals surface area contributed by atoms with Crippen LogP contribution in [0.25, 0.3) is 6.08 Å². The van der Waals surface area contributed by atoms with Crippen LogP contribution >= 0.6 is 33.2 Å². The van der Waals surface area contributed by atoms with E-state index in [0.29, 0.717) is 0 Å². The molecular formula is C9H11Cl3Si. The van der Waals surface area contributed by atoms with Gasteiger partial charge in [-0.15, -0.1) is 33.2 Å². The number of hydrogen-bond acceptors (Lipinski definition) is 0. The molecule has 1 aromatic rings. The Morgan fingerprint density at radius 2 is 1.54 bits per heavy atom. The van der Waals surface area contributed by atoms with Crippen LogP contribution in [0.15, 0.2) is 36.4 Å². The molecule has 0 nitrogen and oxygen atoms in total. The molecule has 1 aromatic carbocycles. The van der Waals surface area contributed by atoms with Crippen molar-refractivity contribution in [1.82, 2.24) is 0 Å². The van der Waals surface area contributed by atoms with Gasteiger partial charge in [-0.1, -0.05) is 42.5 Å². The first kappa shape index (κ1) is 13.0. The van der Waals surface area contributed by atoms with E-state index < -0.39 is 6.73 Å². The smallest absolute Gasteiger partial charge is 0.130 e. The van der Waals surface area contributed by atoms with E-state index in [0.717, 1.165) is 0 Å². The topological polar surface area (TPSA) is 0 Å². The molecule has 0 aliphatic heterocycles. The maximum atomic E-state index is 4.94. The Morgan fingerprint density at radius 1 is 1.08 bits per heavy atom. The first-order valence-corrected chi connectivity index (χ1v) is 9.00. The second kappa shape index (κ2) is 8.64. The maximum absolute atomic E-state index is 4.94. The van der Waals surface area contributed by atoms with Crippen LogP contribution in [0.2, 0.25) is 0 Å². The highest BCUT2D eigenvalue weighted by Crippen LogP contribution is 1.99. The summed E-state index contributed by atoms with van der Waals surface area (Å²) >= 11 is 14.8. The molecule has 1 rings (SSSR count). The number of halogens is 3. The lowest BCUT2D eigenvalue weighted by molar-refractivity contribution is 1.64. The molecule has 0 aliphatic rings. The molecular weight excluding hydrogens is 243 g/mol. The molecule has 0 heterocycles. The van der Waals surface area contributed by atoms with Gasteiger partial charge in [0.1, 0.15) is 0 Å². The zero-order valence-electron chi connectivity index (χ0n) is 7.25. The van der Waals surface area contributed by atoms with Crippen molar-refractivity contribution in [3.63, 3.8) is 0 Å². The van der Waals surface area contributed by atoms with Crippen LogP contribution in [-0.4, -0.2) is 6.73 Å². The summed E-state index contributed by atoms with van der Waals surface area (Å²) in [6.07, 6.45) is 4.12. The lowest BCUT2D eigenvalue weighted by Crippen LogP contribution is -1.66. The van der Waals surface area contributed by atoms with E-state index in [9.17, 15) is 0 Å². The van der Waals surface area contributed by atoms with Gasteiger partial charge in [-0.25, -0.2) is 0 Å². The Labute approximate surface area is 94.8 Å². The van der Waals surface area contributed by atoms with E-state index in [4.69, 9.17) is 33.2 Å². The van der Waals surface area contributed by atoms with Crippen molar-refractivity contribution in [3.8, 4) is 0 Å². The summed E-state index contributed by atoms with van der Waals surface area (Å²) in [4.78, 5) is 0. The number of rotatable bonds is 1. The average Bonchev–Trinajstić information content (AvgIpc) is 2.06. The second-order valence-electron chi connectivity index (χ2n) is 2.16. The third-order valence-corrected chi connectivity index (χ3v) is 1.16. The van der Waals surface area contributed by atoms with Gasteiger partial charge < -0.3 is 0 Å². The quantitative estimate of drug-likeness (QED) is 0.521. The molecule has 0 spiro atoms. The molecule has 0 saturated carbocycles. The van der Waals surface area contributed by atoms with E-state index in [-0.39, 0.29) is 0 Å². The van der Waals surface area contributed by atoms with Crippen LogP contribution in [0.5, 0.6) is 0 Å². The molecule has 72 valence electrons. The Bertz CT molecular complexity index is 231. The summed E-state index contributed by atoms with van der Waals surface area (Å²) in [6, 6.07) is 10.3. The van der Waals surface area contributed by atoms with Gasteiger partial charge in [-0.05, 0) is 12.5 Å². The summed E-state index contributed by atoms with van der Waals surface area (Å²) in [5, 5.41) is 0. The monoisotopic (exact) mass is 252 g/mol. The van der Waals surface area contributed by atoms with Crippen molar-refractivity contribution in [3.05, 3.63) is 42.0 Å². The lowest BCUT2D eigenvalue weighted by Gasteiger charge is -1.86. The van der Waals surface area contributed by atoms with E-state index in [1.54, 1.807) is 0 Å². The van der Waals surface area contributed by atoms with Gasteiger partial charge >= 0.3 is 6.73 Å². The van der Waals surface area contributed by atoms with Crippen molar-refractivity contribution in [2.24, 2.45) is 0 Å². The SMILES string of the molecule is CC=Cc1ccccc1.Cl[SiH](Cl)Cl. The number of benzene rings is 1. The predicted molar refractivity (Wildman–Crippen MR) is 65.9 cm³/mol. The molecule has 0 amide bonds. The van der Waals surface area contributed by atoms with Gasteiger partial charge in [0.2, 0.25) is 0 Å². The van der Waals surface area contributed by atoms with Gasteiger partial charge in [-0.3, -0.25) is 0 Å². The van der Waals surface area contributed by atoms with Crippen LogP contribution < -0.4 is 0 Å². The third-order valence-electron chi connectivity index (χ3n) is 1.16. The Hall–Kier alpha value is 0.0469. The minimum absolute atomic E-state index is 1.26. The largest absolute Gasteiger partial charge is 0.326 e. The first-order chi connectivity index (χ1) is 6.16. The first-order valence-electron chi connectivity index (χ1n) is 3.76. The average molecular weight is 254 g/mol. The molecule has 0 N–H and O–H groups in total. The van der Waals surface area contributed by atoms with Gasteiger partial charge in [0.05, 0.1) is 0 Å². The summed E-state index contributed by atoms with van der Waals surface area (Å²) in [7, 11) is 0. The standard InChI is InChI=1S/C9H10.Cl3HSi/c1-2-6-9-7-4-3-5-8-9;1-4(2)3/h2-8H,1H3;4H. The zero-order chi connectivity index (χ0) is 10.1. The van der Waals surface area contributed by atoms with Crippen LogP contribution in [0, 0.1) is 0 Å². The lowest BCUT2D eigenvalue weighted by atomic mass is 10.2. The van der Waals surface area contributed by atoms with Crippen molar-refractivity contribution in [2.45, 2.75) is 6.92 Å². The van der Waals surface area contributed by atoms with Crippen LogP contribution in [0.1, 0.15) is 12.5 Å². The molecule has 0 bridgehead atoms. The summed E-state index contributed by atoms with van der Waals surface area (Å²) < 4.78 is 0. The minimum atomic E-state index is -1.72. The maximum Gasteiger partial charge on any atom is 0.326 e. The Morgan fingerprint density at radius 3 is 1.92 bits per heavy atom. The molecule has 4 heteroatoms. The van der Waals surface area contributed by atoms with Crippen molar-refractivity contribution in [1.29, 1.82) is 0 Å². The Kier molecular flexibility index (Phi) is 8.67. The van der Waals surface area contributed by atoms with Crippen molar-refractivity contribution >= 4 is 46.0 Å². The molecule has 0 fully saturated rings. The fourth-order valence-corrected chi connectivity index (χ4v) is 0.757. The van der Waals surface area contributed by atoms with Crippen molar-refractivity contribution in [2.75, 3.05) is 0 Å². The normalized spacial score (nSPS) is 9.92. The van der Waals surface area contributed by atoms with Crippen LogP contribution in [0.4, 0.5) is 0 Å². The molecule has 13 heavy (non-hydrogen) atoms. The predicted octanol–water partition coefficient (Wildman–Crippen LogP) is 4.14. The van der Waals surface area contributed by atoms with E-state index in [1.807, 2.05) is 31.2 Å². The zero-order valence-corrected chi connectivity index (χ0v) is 10.7. The number of hydrogen-bond donors (Lipinski definition) is 0. The highest BCUT2D eigenvalue weighted by Gasteiger charge is 1.85. The van der Waals surface area contributed by atoms with Crippen LogP contribution in [-0.2, 0) is 0 Å².